The third-order valence-corrected chi connectivity index (χ3v) is 7.02. The van der Waals surface area contributed by atoms with Crippen molar-refractivity contribution in [3.8, 4) is 6.07 Å². The Morgan fingerprint density at radius 3 is 2.48 bits per heavy atom. The van der Waals surface area contributed by atoms with E-state index in [1.807, 2.05) is 6.07 Å². The van der Waals surface area contributed by atoms with E-state index >= 15 is 0 Å². The highest BCUT2D eigenvalue weighted by molar-refractivity contribution is 7.89. The summed E-state index contributed by atoms with van der Waals surface area (Å²) in [5.41, 5.74) is 0.325. The smallest absolute Gasteiger partial charge is 0.243 e. The van der Waals surface area contributed by atoms with Crippen LogP contribution in [0, 0.1) is 17.2 Å². The fraction of sp³-hybridized carbons (Fsp3) is 0.556. The maximum Gasteiger partial charge on any atom is 0.243 e. The maximum absolute atomic E-state index is 12.7. The summed E-state index contributed by atoms with van der Waals surface area (Å²) in [6.45, 7) is 1.47. The highest BCUT2D eigenvalue weighted by Gasteiger charge is 2.31. The lowest BCUT2D eigenvalue weighted by molar-refractivity contribution is -0.133. The van der Waals surface area contributed by atoms with E-state index in [1.165, 1.54) is 29.3 Å². The lowest BCUT2D eigenvalue weighted by Gasteiger charge is -2.34. The summed E-state index contributed by atoms with van der Waals surface area (Å²) in [4.78, 5) is 14.3. The van der Waals surface area contributed by atoms with Gasteiger partial charge in [-0.1, -0.05) is 18.9 Å². The number of carbonyl (C=O) groups is 1. The topological polar surface area (TPSA) is 81.5 Å². The van der Waals surface area contributed by atoms with Crippen LogP contribution in [0.4, 0.5) is 0 Å². The number of carbonyl (C=O) groups excluding carboxylic acids is 1. The van der Waals surface area contributed by atoms with E-state index in [1.54, 1.807) is 17.0 Å². The second-order valence-electron chi connectivity index (χ2n) is 6.78. The number of sulfonamides is 1. The molecule has 6 nitrogen and oxygen atoms in total. The minimum absolute atomic E-state index is 0.136. The minimum Gasteiger partial charge on any atom is -0.340 e. The third kappa shape index (κ3) is 4.02. The van der Waals surface area contributed by atoms with Crippen molar-refractivity contribution in [2.45, 2.75) is 37.0 Å². The van der Waals surface area contributed by atoms with Crippen molar-refractivity contribution >= 4 is 15.9 Å². The van der Waals surface area contributed by atoms with Crippen molar-refractivity contribution < 1.29 is 13.2 Å². The zero-order valence-corrected chi connectivity index (χ0v) is 15.0. The van der Waals surface area contributed by atoms with Gasteiger partial charge in [-0.2, -0.15) is 9.57 Å². The molecule has 1 saturated heterocycles. The van der Waals surface area contributed by atoms with Gasteiger partial charge in [0.15, 0.2) is 0 Å². The lowest BCUT2D eigenvalue weighted by Crippen LogP contribution is -2.50. The van der Waals surface area contributed by atoms with Gasteiger partial charge in [0.1, 0.15) is 0 Å². The van der Waals surface area contributed by atoms with Crippen LogP contribution in [0.3, 0.4) is 0 Å². The monoisotopic (exact) mass is 361 g/mol. The van der Waals surface area contributed by atoms with Crippen molar-refractivity contribution in [3.05, 3.63) is 29.8 Å². The average molecular weight is 361 g/mol. The molecule has 0 bridgehead atoms. The molecular formula is C18H23N3O3S. The molecule has 0 unspecified atom stereocenters. The Kier molecular flexibility index (Phi) is 5.40. The summed E-state index contributed by atoms with van der Waals surface area (Å²) in [6, 6.07) is 8.02. The van der Waals surface area contributed by atoms with Gasteiger partial charge in [-0.05, 0) is 37.0 Å². The van der Waals surface area contributed by atoms with Gasteiger partial charge in [-0.25, -0.2) is 8.42 Å². The van der Waals surface area contributed by atoms with Crippen molar-refractivity contribution in [1.82, 2.24) is 9.21 Å². The number of nitrogens with zero attached hydrogens (tertiary/aromatic N) is 3. The number of hydrogen-bond acceptors (Lipinski definition) is 4. The number of amides is 1. The van der Waals surface area contributed by atoms with E-state index in [2.05, 4.69) is 0 Å². The lowest BCUT2D eigenvalue weighted by atomic mass is 10.0. The van der Waals surface area contributed by atoms with Crippen LogP contribution in [0.25, 0.3) is 0 Å². The zero-order valence-electron chi connectivity index (χ0n) is 14.2. The van der Waals surface area contributed by atoms with Gasteiger partial charge >= 0.3 is 0 Å². The van der Waals surface area contributed by atoms with Gasteiger partial charge in [-0.3, -0.25) is 4.79 Å². The number of nitriles is 1. The Bertz CT molecular complexity index is 771. The largest absolute Gasteiger partial charge is 0.340 e. The molecule has 3 rings (SSSR count). The molecule has 1 aliphatic heterocycles. The normalized spacial score (nSPS) is 19.7. The SMILES string of the molecule is N#Cc1cccc(S(=O)(=O)N2CCN(C(=O)CC3CCCC3)CC2)c1. The summed E-state index contributed by atoms with van der Waals surface area (Å²) in [6.07, 6.45) is 5.29. The van der Waals surface area contributed by atoms with E-state index in [4.69, 9.17) is 5.26 Å². The summed E-state index contributed by atoms with van der Waals surface area (Å²) >= 11 is 0. The van der Waals surface area contributed by atoms with E-state index < -0.39 is 10.0 Å². The molecule has 2 fully saturated rings. The molecule has 0 spiro atoms. The van der Waals surface area contributed by atoms with Crippen molar-refractivity contribution in [1.29, 1.82) is 5.26 Å². The van der Waals surface area contributed by atoms with Crippen LogP contribution in [0.15, 0.2) is 29.2 Å². The Morgan fingerprint density at radius 2 is 1.84 bits per heavy atom. The molecule has 1 saturated carbocycles. The van der Waals surface area contributed by atoms with E-state index in [9.17, 15) is 13.2 Å². The van der Waals surface area contributed by atoms with Gasteiger partial charge in [0, 0.05) is 32.6 Å². The number of hydrogen-bond donors (Lipinski definition) is 0. The standard InChI is InChI=1S/C18H23N3O3S/c19-14-16-6-3-7-17(12-16)25(23,24)21-10-8-20(9-11-21)18(22)13-15-4-1-2-5-15/h3,6-7,12,15H,1-2,4-5,8-11,13H2. The fourth-order valence-electron chi connectivity index (χ4n) is 3.64. The fourth-order valence-corrected chi connectivity index (χ4v) is 5.11. The molecule has 1 aromatic rings. The molecule has 1 aromatic carbocycles. The number of benzene rings is 1. The highest BCUT2D eigenvalue weighted by Crippen LogP contribution is 2.28. The van der Waals surface area contributed by atoms with Crippen LogP contribution in [-0.4, -0.2) is 49.7 Å². The van der Waals surface area contributed by atoms with Crippen LogP contribution >= 0.6 is 0 Å². The van der Waals surface area contributed by atoms with E-state index in [0.29, 0.717) is 44.1 Å². The molecule has 0 radical (unpaired) electrons. The van der Waals surface area contributed by atoms with Crippen molar-refractivity contribution in [2.75, 3.05) is 26.2 Å². The summed E-state index contributed by atoms with van der Waals surface area (Å²) in [5, 5.41) is 8.95. The van der Waals surface area contributed by atoms with Crippen LogP contribution in [0.5, 0.6) is 0 Å². The summed E-state index contributed by atoms with van der Waals surface area (Å²) in [7, 11) is -3.62. The summed E-state index contributed by atoms with van der Waals surface area (Å²) in [5.74, 6) is 0.651. The van der Waals surface area contributed by atoms with Gasteiger partial charge < -0.3 is 4.90 Å². The van der Waals surface area contributed by atoms with Crippen LogP contribution in [0.2, 0.25) is 0 Å². The van der Waals surface area contributed by atoms with Gasteiger partial charge in [0.25, 0.3) is 0 Å². The van der Waals surface area contributed by atoms with Crippen LogP contribution < -0.4 is 0 Å². The molecule has 0 N–H and O–H groups in total. The molecule has 1 aliphatic carbocycles. The predicted octanol–water partition coefficient (Wildman–Crippen LogP) is 1.97. The number of piperazine rings is 1. The van der Waals surface area contributed by atoms with E-state index in [-0.39, 0.29) is 10.8 Å². The molecule has 134 valence electrons. The summed E-state index contributed by atoms with van der Waals surface area (Å²) < 4.78 is 26.9. The third-order valence-electron chi connectivity index (χ3n) is 5.13. The first-order chi connectivity index (χ1) is 12.0. The molecule has 2 aliphatic rings. The minimum atomic E-state index is -3.62. The second-order valence-corrected chi connectivity index (χ2v) is 8.72. The molecule has 1 amide bonds. The Balaban J connectivity index is 1.61. The molecular weight excluding hydrogens is 338 g/mol. The molecule has 0 atom stereocenters. The van der Waals surface area contributed by atoms with Gasteiger partial charge in [0.05, 0.1) is 16.5 Å². The van der Waals surface area contributed by atoms with Crippen LogP contribution in [-0.2, 0) is 14.8 Å². The molecule has 1 heterocycles. The number of rotatable bonds is 4. The highest BCUT2D eigenvalue weighted by atomic mass is 32.2. The predicted molar refractivity (Wildman–Crippen MR) is 93.1 cm³/mol. The Hall–Kier alpha value is -1.91. The quantitative estimate of drug-likeness (QED) is 0.821. The Labute approximate surface area is 149 Å². The van der Waals surface area contributed by atoms with Crippen molar-refractivity contribution in [3.63, 3.8) is 0 Å². The molecule has 7 heteroatoms. The first-order valence-electron chi connectivity index (χ1n) is 8.79. The van der Waals surface area contributed by atoms with Crippen LogP contribution in [0.1, 0.15) is 37.7 Å². The molecule has 25 heavy (non-hydrogen) atoms. The second kappa shape index (κ2) is 7.54. The zero-order chi connectivity index (χ0) is 17.9. The van der Waals surface area contributed by atoms with Gasteiger partial charge in [-0.15, -0.1) is 0 Å². The average Bonchev–Trinajstić information content (AvgIpc) is 3.15. The Morgan fingerprint density at radius 1 is 1.16 bits per heavy atom. The van der Waals surface area contributed by atoms with E-state index in [0.717, 1.165) is 12.8 Å². The van der Waals surface area contributed by atoms with Crippen molar-refractivity contribution in [2.24, 2.45) is 5.92 Å². The maximum atomic E-state index is 12.7. The molecule has 0 aromatic heterocycles. The van der Waals surface area contributed by atoms with Gasteiger partial charge in [0.2, 0.25) is 15.9 Å². The first kappa shape index (κ1) is 17.9. The first-order valence-corrected chi connectivity index (χ1v) is 10.2.